The van der Waals surface area contributed by atoms with Gasteiger partial charge >= 0.3 is 13.2 Å². The topological polar surface area (TPSA) is 59.0 Å². The Kier molecular flexibility index (Phi) is 4.21. The zero-order chi connectivity index (χ0) is 14.0. The van der Waals surface area contributed by atoms with Crippen LogP contribution >= 0.6 is 0 Å². The molecule has 5 nitrogen and oxygen atoms in total. The second-order valence-electron chi connectivity index (χ2n) is 6.13. The van der Waals surface area contributed by atoms with Gasteiger partial charge in [-0.05, 0) is 45.0 Å². The number of hydrogen-bond donors (Lipinski definition) is 1. The minimum atomic E-state index is -0.752. The number of carbonyl (C=O) groups is 1. The van der Waals surface area contributed by atoms with Gasteiger partial charge in [-0.3, -0.25) is 0 Å². The van der Waals surface area contributed by atoms with Gasteiger partial charge in [0, 0.05) is 19.7 Å². The molecule has 2 rings (SSSR count). The van der Waals surface area contributed by atoms with Crippen LogP contribution in [0.15, 0.2) is 11.5 Å². The van der Waals surface area contributed by atoms with Crippen LogP contribution in [0.3, 0.4) is 0 Å². The van der Waals surface area contributed by atoms with Gasteiger partial charge in [0.05, 0.1) is 0 Å². The molecule has 19 heavy (non-hydrogen) atoms. The number of amides is 1. The van der Waals surface area contributed by atoms with E-state index in [-0.39, 0.29) is 6.09 Å². The van der Waals surface area contributed by atoms with Crippen molar-refractivity contribution in [2.45, 2.75) is 39.2 Å². The highest BCUT2D eigenvalue weighted by Gasteiger charge is 2.34. The quantitative estimate of drug-likeness (QED) is 0.733. The van der Waals surface area contributed by atoms with Crippen LogP contribution in [-0.2, 0) is 9.39 Å². The van der Waals surface area contributed by atoms with E-state index in [1.54, 1.807) is 4.90 Å². The number of carbonyl (C=O) groups excluding carboxylic acids is 1. The first kappa shape index (κ1) is 14.4. The number of allylic oxidation sites excluding steroid dienone is 1. The average Bonchev–Trinajstić information content (AvgIpc) is 2.73. The molecule has 1 amide bonds. The van der Waals surface area contributed by atoms with Crippen LogP contribution in [0.5, 0.6) is 0 Å². The molecule has 0 aromatic heterocycles. The van der Waals surface area contributed by atoms with E-state index in [4.69, 9.17) is 9.39 Å². The van der Waals surface area contributed by atoms with E-state index in [0.717, 1.165) is 18.3 Å². The third kappa shape index (κ3) is 3.73. The smallest absolute Gasteiger partial charge is 0.444 e. The predicted molar refractivity (Wildman–Crippen MR) is 72.5 cm³/mol. The van der Waals surface area contributed by atoms with Crippen LogP contribution in [0.1, 0.15) is 33.6 Å². The maximum absolute atomic E-state index is 11.9. The number of piperidine rings is 1. The molecule has 2 aliphatic rings. The molecule has 6 heteroatoms. The number of rotatable bonds is 1. The lowest BCUT2D eigenvalue weighted by Crippen LogP contribution is -2.42. The maximum Gasteiger partial charge on any atom is 0.487 e. The molecule has 2 aliphatic heterocycles. The second kappa shape index (κ2) is 5.55. The molecular weight excluding hydrogens is 245 g/mol. The summed E-state index contributed by atoms with van der Waals surface area (Å²) in [5, 5.41) is 9.67. The van der Waals surface area contributed by atoms with Gasteiger partial charge in [0.15, 0.2) is 0 Å². The van der Waals surface area contributed by atoms with Gasteiger partial charge in [0.1, 0.15) is 5.60 Å². The van der Waals surface area contributed by atoms with Gasteiger partial charge in [-0.2, -0.15) is 0 Å². The number of ether oxygens (including phenoxy) is 1. The Bertz CT molecular complexity index is 369. The summed E-state index contributed by atoms with van der Waals surface area (Å²) in [5.74, 6) is 0.316. The van der Waals surface area contributed by atoms with Gasteiger partial charge in [-0.25, -0.2) is 4.79 Å². The van der Waals surface area contributed by atoms with E-state index in [1.165, 1.54) is 0 Å². The third-order valence-electron chi connectivity index (χ3n) is 3.48. The molecule has 1 saturated heterocycles. The molecule has 1 fully saturated rings. The molecule has 0 unspecified atom stereocenters. The van der Waals surface area contributed by atoms with Crippen LogP contribution in [0.4, 0.5) is 4.79 Å². The standard InChI is InChI=1S/C13H22BNO4/c1-13(2,3)19-12(16)15-7-4-10(5-8-15)11-6-9-18-14(11)17/h6,10,17H,4-5,7-9H2,1-3H3. The van der Waals surface area contributed by atoms with Crippen molar-refractivity contribution in [1.29, 1.82) is 0 Å². The maximum atomic E-state index is 11.9. The van der Waals surface area contributed by atoms with E-state index in [1.807, 2.05) is 26.8 Å². The van der Waals surface area contributed by atoms with Gasteiger partial charge in [0.2, 0.25) is 0 Å². The van der Waals surface area contributed by atoms with Crippen LogP contribution in [0.2, 0.25) is 0 Å². The molecule has 0 saturated carbocycles. The highest BCUT2D eigenvalue weighted by Crippen LogP contribution is 2.29. The van der Waals surface area contributed by atoms with E-state index in [2.05, 4.69) is 0 Å². The van der Waals surface area contributed by atoms with Gasteiger partial charge < -0.3 is 19.3 Å². The lowest BCUT2D eigenvalue weighted by atomic mass is 9.69. The first-order valence-electron chi connectivity index (χ1n) is 6.84. The molecule has 0 atom stereocenters. The number of likely N-dealkylation sites (tertiary alicyclic amines) is 1. The van der Waals surface area contributed by atoms with Crippen LogP contribution in [0.25, 0.3) is 0 Å². The first-order chi connectivity index (χ1) is 8.87. The minimum Gasteiger partial charge on any atom is -0.444 e. The number of hydrogen-bond acceptors (Lipinski definition) is 4. The Morgan fingerprint density at radius 3 is 2.58 bits per heavy atom. The summed E-state index contributed by atoms with van der Waals surface area (Å²) in [4.78, 5) is 13.7. The van der Waals surface area contributed by atoms with Crippen molar-refractivity contribution in [2.24, 2.45) is 5.92 Å². The Morgan fingerprint density at radius 2 is 2.11 bits per heavy atom. The molecule has 0 aromatic rings. The van der Waals surface area contributed by atoms with Crippen molar-refractivity contribution in [3.63, 3.8) is 0 Å². The Morgan fingerprint density at radius 1 is 1.47 bits per heavy atom. The van der Waals surface area contributed by atoms with Crippen LogP contribution in [-0.4, -0.2) is 48.4 Å². The monoisotopic (exact) mass is 267 g/mol. The lowest BCUT2D eigenvalue weighted by Gasteiger charge is -2.34. The summed E-state index contributed by atoms with van der Waals surface area (Å²) in [7, 11) is -0.752. The molecule has 0 aromatic carbocycles. The van der Waals surface area contributed by atoms with Gasteiger partial charge in [0.25, 0.3) is 0 Å². The summed E-state index contributed by atoms with van der Waals surface area (Å²) in [6, 6.07) is 0. The summed E-state index contributed by atoms with van der Waals surface area (Å²) in [5.41, 5.74) is 0.523. The molecule has 1 N–H and O–H groups in total. The van der Waals surface area contributed by atoms with Crippen LogP contribution in [0, 0.1) is 5.92 Å². The fraction of sp³-hybridized carbons (Fsp3) is 0.769. The van der Waals surface area contributed by atoms with E-state index >= 15 is 0 Å². The van der Waals surface area contributed by atoms with Crippen molar-refractivity contribution in [2.75, 3.05) is 19.7 Å². The lowest BCUT2D eigenvalue weighted by molar-refractivity contribution is 0.0196. The van der Waals surface area contributed by atoms with Crippen molar-refractivity contribution in [1.82, 2.24) is 4.90 Å². The SMILES string of the molecule is CC(C)(C)OC(=O)N1CCC(C2=CCOB2O)CC1. The summed E-state index contributed by atoms with van der Waals surface area (Å²) in [6.45, 7) is 7.44. The predicted octanol–water partition coefficient (Wildman–Crippen LogP) is 1.61. The fourth-order valence-corrected chi connectivity index (χ4v) is 2.52. The third-order valence-corrected chi connectivity index (χ3v) is 3.48. The summed E-state index contributed by atoms with van der Waals surface area (Å²) < 4.78 is 10.5. The zero-order valence-corrected chi connectivity index (χ0v) is 11.9. The molecule has 0 bridgehead atoms. The average molecular weight is 267 g/mol. The summed E-state index contributed by atoms with van der Waals surface area (Å²) in [6.07, 6.45) is 3.42. The zero-order valence-electron chi connectivity index (χ0n) is 11.9. The second-order valence-corrected chi connectivity index (χ2v) is 6.13. The minimum absolute atomic E-state index is 0.247. The molecule has 0 spiro atoms. The molecule has 0 radical (unpaired) electrons. The highest BCUT2D eigenvalue weighted by molar-refractivity contribution is 6.53. The first-order valence-corrected chi connectivity index (χ1v) is 6.84. The Hall–Kier alpha value is -1.01. The normalized spacial score (nSPS) is 21.6. The Labute approximate surface area is 114 Å². The van der Waals surface area contributed by atoms with Crippen molar-refractivity contribution < 1.29 is 19.2 Å². The van der Waals surface area contributed by atoms with E-state index in [0.29, 0.717) is 25.6 Å². The van der Waals surface area contributed by atoms with Crippen molar-refractivity contribution in [3.05, 3.63) is 11.5 Å². The molecule has 2 heterocycles. The number of nitrogens with zero attached hydrogens (tertiary/aromatic N) is 1. The highest BCUT2D eigenvalue weighted by atomic mass is 16.6. The molecule has 0 aliphatic carbocycles. The van der Waals surface area contributed by atoms with Crippen LogP contribution < -0.4 is 0 Å². The Balaban J connectivity index is 1.84. The van der Waals surface area contributed by atoms with Gasteiger partial charge in [-0.1, -0.05) is 6.08 Å². The fourth-order valence-electron chi connectivity index (χ4n) is 2.52. The van der Waals surface area contributed by atoms with E-state index < -0.39 is 12.7 Å². The molecule has 106 valence electrons. The summed E-state index contributed by atoms with van der Waals surface area (Å²) >= 11 is 0. The van der Waals surface area contributed by atoms with Crippen molar-refractivity contribution in [3.8, 4) is 0 Å². The largest absolute Gasteiger partial charge is 0.487 e. The van der Waals surface area contributed by atoms with E-state index in [9.17, 15) is 9.82 Å². The van der Waals surface area contributed by atoms with Gasteiger partial charge in [-0.15, -0.1) is 0 Å². The van der Waals surface area contributed by atoms with Crippen molar-refractivity contribution >= 4 is 13.2 Å². The molecular formula is C13H22BNO4.